The molecule has 0 spiro atoms. The Balaban J connectivity index is 2.77. The van der Waals surface area contributed by atoms with Gasteiger partial charge in [-0.1, -0.05) is 0 Å². The van der Waals surface area contributed by atoms with Crippen LogP contribution in [0.1, 0.15) is 15.2 Å². The molecule has 0 aliphatic heterocycles. The van der Waals surface area contributed by atoms with Crippen molar-refractivity contribution in [2.75, 3.05) is 0 Å². The van der Waals surface area contributed by atoms with Crippen molar-refractivity contribution in [2.24, 2.45) is 0 Å². The van der Waals surface area contributed by atoms with Gasteiger partial charge in [-0.05, 0) is 23.6 Å². The van der Waals surface area contributed by atoms with E-state index in [2.05, 4.69) is 0 Å². The Kier molecular flexibility index (Phi) is 1.95. The normalized spacial score (nSPS) is 9.93. The summed E-state index contributed by atoms with van der Waals surface area (Å²) in [5.41, 5.74) is 0.229. The van der Waals surface area contributed by atoms with E-state index in [1.165, 1.54) is 17.4 Å². The molecular formula is C10H5NO2S. The third kappa shape index (κ3) is 1.24. The van der Waals surface area contributed by atoms with Crippen molar-refractivity contribution in [1.29, 1.82) is 5.26 Å². The summed E-state index contributed by atoms with van der Waals surface area (Å²) in [6, 6.07) is 6.67. The Morgan fingerprint density at radius 2 is 2.21 bits per heavy atom. The van der Waals surface area contributed by atoms with Crippen LogP contribution in [-0.2, 0) is 0 Å². The minimum absolute atomic E-state index is 0.0423. The predicted molar refractivity (Wildman–Crippen MR) is 53.6 cm³/mol. The number of benzene rings is 1. The molecule has 14 heavy (non-hydrogen) atoms. The number of hydrogen-bond donors (Lipinski definition) is 1. The van der Waals surface area contributed by atoms with Gasteiger partial charge < -0.3 is 5.11 Å². The van der Waals surface area contributed by atoms with E-state index in [1.807, 2.05) is 6.07 Å². The van der Waals surface area contributed by atoms with E-state index in [1.54, 1.807) is 12.1 Å². The van der Waals surface area contributed by atoms with Gasteiger partial charge in [-0.15, -0.1) is 11.3 Å². The number of aromatic hydroxyl groups is 1. The Morgan fingerprint density at radius 1 is 1.43 bits per heavy atom. The summed E-state index contributed by atoms with van der Waals surface area (Å²) in [7, 11) is 0. The number of hydrogen-bond acceptors (Lipinski definition) is 4. The van der Waals surface area contributed by atoms with Crippen LogP contribution in [0.2, 0.25) is 0 Å². The summed E-state index contributed by atoms with van der Waals surface area (Å²) >= 11 is 1.29. The fourth-order valence-electron chi connectivity index (χ4n) is 1.24. The van der Waals surface area contributed by atoms with Gasteiger partial charge in [0, 0.05) is 4.70 Å². The molecule has 0 atom stereocenters. The Morgan fingerprint density at radius 3 is 2.86 bits per heavy atom. The van der Waals surface area contributed by atoms with Gasteiger partial charge in [0.15, 0.2) is 6.29 Å². The lowest BCUT2D eigenvalue weighted by Crippen LogP contribution is -1.74. The minimum Gasteiger partial charge on any atom is -0.507 e. The first-order valence-corrected chi connectivity index (χ1v) is 4.68. The summed E-state index contributed by atoms with van der Waals surface area (Å²) in [6.45, 7) is 0. The molecule has 0 fully saturated rings. The van der Waals surface area contributed by atoms with Gasteiger partial charge in [0.1, 0.15) is 11.8 Å². The number of nitrogens with zero attached hydrogens (tertiary/aromatic N) is 1. The molecule has 0 aliphatic rings. The van der Waals surface area contributed by atoms with Crippen LogP contribution in [0, 0.1) is 11.3 Å². The zero-order valence-electron chi connectivity index (χ0n) is 7.02. The van der Waals surface area contributed by atoms with E-state index in [0.29, 0.717) is 4.88 Å². The van der Waals surface area contributed by atoms with Gasteiger partial charge in [-0.2, -0.15) is 5.26 Å². The summed E-state index contributed by atoms with van der Waals surface area (Å²) in [4.78, 5) is 11.1. The van der Waals surface area contributed by atoms with Gasteiger partial charge in [0.25, 0.3) is 0 Å². The summed E-state index contributed by atoms with van der Waals surface area (Å²) in [6.07, 6.45) is 0.758. The number of phenolic OH excluding ortho intramolecular Hbond substituents is 1. The highest BCUT2D eigenvalue weighted by Gasteiger charge is 2.06. The molecule has 1 aromatic carbocycles. The zero-order valence-corrected chi connectivity index (χ0v) is 7.84. The van der Waals surface area contributed by atoms with Crippen LogP contribution in [-0.4, -0.2) is 11.4 Å². The van der Waals surface area contributed by atoms with Crippen molar-refractivity contribution in [3.63, 3.8) is 0 Å². The van der Waals surface area contributed by atoms with Crippen LogP contribution >= 0.6 is 11.3 Å². The molecule has 0 amide bonds. The number of phenols is 1. The van der Waals surface area contributed by atoms with Crippen molar-refractivity contribution >= 4 is 27.7 Å². The van der Waals surface area contributed by atoms with Crippen molar-refractivity contribution in [3.05, 3.63) is 28.6 Å². The summed E-state index contributed by atoms with van der Waals surface area (Å²) in [5.74, 6) is -0.0423. The second-order valence-corrected chi connectivity index (χ2v) is 3.90. The fraction of sp³-hybridized carbons (Fsp3) is 0. The van der Waals surface area contributed by atoms with Gasteiger partial charge >= 0.3 is 0 Å². The maximum absolute atomic E-state index is 10.5. The quantitative estimate of drug-likeness (QED) is 0.723. The molecule has 0 saturated heterocycles. The molecule has 0 bridgehead atoms. The van der Waals surface area contributed by atoms with E-state index >= 15 is 0 Å². The molecule has 0 unspecified atom stereocenters. The van der Waals surface area contributed by atoms with Gasteiger partial charge in [0.2, 0.25) is 0 Å². The number of fused-ring (bicyclic) bond motifs is 1. The van der Waals surface area contributed by atoms with Crippen LogP contribution < -0.4 is 0 Å². The lowest BCUT2D eigenvalue weighted by molar-refractivity contribution is 0.112. The van der Waals surface area contributed by atoms with Crippen LogP contribution in [0.4, 0.5) is 0 Å². The number of thiophene rings is 1. The Bertz CT molecular complexity index is 551. The van der Waals surface area contributed by atoms with Crippen LogP contribution in [0.3, 0.4) is 0 Å². The molecular weight excluding hydrogens is 198 g/mol. The molecule has 3 nitrogen and oxygen atoms in total. The molecule has 4 heteroatoms. The van der Waals surface area contributed by atoms with Crippen molar-refractivity contribution in [2.45, 2.75) is 0 Å². The predicted octanol–water partition coefficient (Wildman–Crippen LogP) is 2.29. The second-order valence-electron chi connectivity index (χ2n) is 2.79. The lowest BCUT2D eigenvalue weighted by Gasteiger charge is -1.94. The molecule has 0 radical (unpaired) electrons. The zero-order chi connectivity index (χ0) is 10.1. The van der Waals surface area contributed by atoms with Gasteiger partial charge in [-0.25, -0.2) is 0 Å². The number of carbonyl (C=O) groups is 1. The number of rotatable bonds is 1. The first kappa shape index (κ1) is 8.73. The maximum atomic E-state index is 10.5. The topological polar surface area (TPSA) is 61.1 Å². The molecule has 68 valence electrons. The van der Waals surface area contributed by atoms with Crippen molar-refractivity contribution in [3.8, 4) is 11.8 Å². The second kappa shape index (κ2) is 3.13. The summed E-state index contributed by atoms with van der Waals surface area (Å²) < 4.78 is 0.809. The average Bonchev–Trinajstić information content (AvgIpc) is 2.58. The largest absolute Gasteiger partial charge is 0.507 e. The minimum atomic E-state index is -0.0423. The number of carbonyl (C=O) groups excluding carboxylic acids is 1. The SMILES string of the molecule is N#Cc1cc2cc(C=O)sc2cc1O. The van der Waals surface area contributed by atoms with Crippen molar-refractivity contribution < 1.29 is 9.90 Å². The van der Waals surface area contributed by atoms with Gasteiger partial charge in [-0.3, -0.25) is 4.79 Å². The van der Waals surface area contributed by atoms with Crippen LogP contribution in [0.5, 0.6) is 5.75 Å². The summed E-state index contributed by atoms with van der Waals surface area (Å²) in [5, 5.41) is 18.9. The first-order valence-electron chi connectivity index (χ1n) is 3.86. The van der Waals surface area contributed by atoms with E-state index in [0.717, 1.165) is 16.4 Å². The van der Waals surface area contributed by atoms with E-state index in [-0.39, 0.29) is 11.3 Å². The van der Waals surface area contributed by atoms with Crippen LogP contribution in [0.25, 0.3) is 10.1 Å². The molecule has 1 heterocycles. The molecule has 0 saturated carbocycles. The van der Waals surface area contributed by atoms with E-state index in [4.69, 9.17) is 5.26 Å². The van der Waals surface area contributed by atoms with Gasteiger partial charge in [0.05, 0.1) is 10.4 Å². The monoisotopic (exact) mass is 203 g/mol. The third-order valence-corrected chi connectivity index (χ3v) is 2.91. The number of aldehydes is 1. The highest BCUT2D eigenvalue weighted by Crippen LogP contribution is 2.30. The highest BCUT2D eigenvalue weighted by molar-refractivity contribution is 7.20. The molecule has 2 rings (SSSR count). The molecule has 0 aliphatic carbocycles. The Labute approximate surface area is 83.8 Å². The molecule has 1 aromatic heterocycles. The molecule has 2 aromatic rings. The van der Waals surface area contributed by atoms with E-state index < -0.39 is 0 Å². The average molecular weight is 203 g/mol. The smallest absolute Gasteiger partial charge is 0.160 e. The van der Waals surface area contributed by atoms with E-state index in [9.17, 15) is 9.90 Å². The maximum Gasteiger partial charge on any atom is 0.160 e. The number of nitriles is 1. The third-order valence-electron chi connectivity index (χ3n) is 1.89. The Hall–Kier alpha value is -1.86. The highest BCUT2D eigenvalue weighted by atomic mass is 32.1. The van der Waals surface area contributed by atoms with Crippen molar-refractivity contribution in [1.82, 2.24) is 0 Å². The standard InChI is InChI=1S/C10H5NO2S/c11-4-7-1-6-2-8(5-12)14-10(6)3-9(7)13/h1-3,5,13H. The first-order chi connectivity index (χ1) is 6.74. The lowest BCUT2D eigenvalue weighted by atomic mass is 10.1. The molecule has 1 N–H and O–H groups in total. The van der Waals surface area contributed by atoms with Crippen LogP contribution in [0.15, 0.2) is 18.2 Å². The fourth-order valence-corrected chi connectivity index (χ4v) is 2.14.